The van der Waals surface area contributed by atoms with Gasteiger partial charge in [0.15, 0.2) is 11.5 Å². The number of aryl methyl sites for hydroxylation is 1. The fourth-order valence-electron chi connectivity index (χ4n) is 5.40. The number of anilines is 2. The van der Waals surface area contributed by atoms with E-state index >= 15 is 0 Å². The Bertz CT molecular complexity index is 1270. The number of ether oxygens (including phenoxy) is 3. The number of aliphatic hydroxyl groups excluding tert-OH is 1. The van der Waals surface area contributed by atoms with Crippen molar-refractivity contribution >= 4 is 17.4 Å². The van der Waals surface area contributed by atoms with Crippen LogP contribution in [0.15, 0.2) is 21.7 Å². The molecule has 2 heterocycles. The average molecular weight is 590 g/mol. The zero-order valence-electron chi connectivity index (χ0n) is 25.7. The van der Waals surface area contributed by atoms with Crippen molar-refractivity contribution in [3.8, 4) is 17.2 Å². The third kappa shape index (κ3) is 8.67. The molecule has 1 aromatic heterocycles. The van der Waals surface area contributed by atoms with Crippen molar-refractivity contribution in [3.63, 3.8) is 0 Å². The predicted octanol–water partition coefficient (Wildman–Crippen LogP) is 2.54. The molecule has 2 aromatic rings. The van der Waals surface area contributed by atoms with Gasteiger partial charge in [0.05, 0.1) is 34.1 Å². The van der Waals surface area contributed by atoms with Gasteiger partial charge in [-0.25, -0.2) is 4.79 Å². The van der Waals surface area contributed by atoms with Crippen molar-refractivity contribution in [2.45, 2.75) is 70.3 Å². The second kappa shape index (κ2) is 16.1. The van der Waals surface area contributed by atoms with Gasteiger partial charge in [-0.05, 0) is 37.0 Å². The van der Waals surface area contributed by atoms with Crippen molar-refractivity contribution < 1.29 is 24.1 Å². The fraction of sp³-hybridized carbons (Fsp3) is 0.633. The Morgan fingerprint density at radius 1 is 0.976 bits per heavy atom. The van der Waals surface area contributed by atoms with Gasteiger partial charge in [0.1, 0.15) is 11.5 Å². The zero-order valence-corrected chi connectivity index (χ0v) is 25.7. The number of unbranched alkanes of at least 4 members (excludes halogenated alkanes) is 6. The lowest BCUT2D eigenvalue weighted by molar-refractivity contribution is -0.121. The van der Waals surface area contributed by atoms with Crippen molar-refractivity contribution in [2.75, 3.05) is 57.9 Å². The highest BCUT2D eigenvalue weighted by Gasteiger charge is 2.29. The number of amides is 1. The number of aliphatic hydroxyl groups is 1. The number of hydrogen-bond acceptors (Lipinski definition) is 9. The van der Waals surface area contributed by atoms with E-state index in [0.29, 0.717) is 54.7 Å². The number of aromatic amines is 1. The zero-order chi connectivity index (χ0) is 30.6. The van der Waals surface area contributed by atoms with E-state index in [9.17, 15) is 19.5 Å². The molecule has 0 aliphatic carbocycles. The molecule has 42 heavy (non-hydrogen) atoms. The number of hydrogen-bond donors (Lipinski definition) is 3. The van der Waals surface area contributed by atoms with E-state index in [2.05, 4.69) is 15.2 Å². The Hall–Kier alpha value is -3.67. The summed E-state index contributed by atoms with van der Waals surface area (Å²) in [6.07, 6.45) is 8.30. The van der Waals surface area contributed by atoms with Gasteiger partial charge in [-0.2, -0.15) is 0 Å². The molecule has 12 heteroatoms. The quantitative estimate of drug-likeness (QED) is 0.224. The summed E-state index contributed by atoms with van der Waals surface area (Å²) in [5, 5.41) is 13.1. The van der Waals surface area contributed by atoms with Gasteiger partial charge in [-0.15, -0.1) is 0 Å². The standard InChI is InChI=1S/C30H47N5O7/c1-33-20-35(29-26(33)28(38)32-30(39)34(29)2)16-12-10-8-6-7-9-11-13-22(36)19-31-25(37)15-14-21-17-23(40-3)27(42-5)24(18-21)41-4/h17-18,22,36H,6-16,19-20H2,1-5H3,(H,31,37)(H,32,38,39). The van der Waals surface area contributed by atoms with Gasteiger partial charge in [-0.3, -0.25) is 19.1 Å². The van der Waals surface area contributed by atoms with Crippen LogP contribution in [0.1, 0.15) is 63.4 Å². The number of fused-ring (bicyclic) bond motifs is 1. The monoisotopic (exact) mass is 589 g/mol. The maximum atomic E-state index is 12.3. The minimum atomic E-state index is -0.556. The van der Waals surface area contributed by atoms with Crippen LogP contribution in [0.25, 0.3) is 0 Å². The second-order valence-corrected chi connectivity index (χ2v) is 10.8. The third-order valence-corrected chi connectivity index (χ3v) is 7.70. The van der Waals surface area contributed by atoms with Gasteiger partial charge in [0.25, 0.3) is 5.56 Å². The van der Waals surface area contributed by atoms with Crippen LogP contribution in [0.5, 0.6) is 17.2 Å². The van der Waals surface area contributed by atoms with Crippen LogP contribution in [-0.2, 0) is 18.3 Å². The van der Waals surface area contributed by atoms with Crippen molar-refractivity contribution in [2.24, 2.45) is 7.05 Å². The molecule has 0 saturated carbocycles. The molecule has 1 atom stereocenters. The minimum absolute atomic E-state index is 0.110. The summed E-state index contributed by atoms with van der Waals surface area (Å²) < 4.78 is 17.6. The van der Waals surface area contributed by atoms with E-state index in [1.807, 2.05) is 24.1 Å². The van der Waals surface area contributed by atoms with Crippen LogP contribution >= 0.6 is 0 Å². The number of carbonyl (C=O) groups is 1. The number of nitrogens with zero attached hydrogens (tertiary/aromatic N) is 3. The normalized spacial score (nSPS) is 13.2. The lowest BCUT2D eigenvalue weighted by atomic mass is 10.1. The Kier molecular flexibility index (Phi) is 12.6. The van der Waals surface area contributed by atoms with Gasteiger partial charge < -0.3 is 34.4 Å². The molecular formula is C30H47N5O7. The number of H-pyrrole nitrogens is 1. The molecule has 1 aliphatic rings. The smallest absolute Gasteiger partial charge is 0.329 e. The first kappa shape index (κ1) is 32.8. The van der Waals surface area contributed by atoms with Gasteiger partial charge in [-0.1, -0.05) is 38.5 Å². The second-order valence-electron chi connectivity index (χ2n) is 10.8. The first-order valence-electron chi connectivity index (χ1n) is 14.7. The van der Waals surface area contributed by atoms with E-state index in [1.165, 1.54) is 4.57 Å². The SMILES string of the molecule is COc1cc(CCC(=O)NCC(O)CCCCCCCCCN2CN(C)c3c2n(C)c(=O)[nH]c3=O)cc(OC)c1OC. The molecule has 1 aliphatic heterocycles. The molecule has 0 bridgehead atoms. The van der Waals surface area contributed by atoms with Crippen LogP contribution in [0, 0.1) is 0 Å². The van der Waals surface area contributed by atoms with Crippen molar-refractivity contribution in [1.29, 1.82) is 0 Å². The largest absolute Gasteiger partial charge is 0.493 e. The highest BCUT2D eigenvalue weighted by atomic mass is 16.5. The molecule has 0 spiro atoms. The molecule has 3 N–H and O–H groups in total. The summed E-state index contributed by atoms with van der Waals surface area (Å²) in [6, 6.07) is 3.67. The highest BCUT2D eigenvalue weighted by molar-refractivity contribution is 5.76. The lowest BCUT2D eigenvalue weighted by Crippen LogP contribution is -2.32. The number of benzene rings is 1. The van der Waals surface area contributed by atoms with E-state index in [4.69, 9.17) is 14.2 Å². The van der Waals surface area contributed by atoms with E-state index in [-0.39, 0.29) is 23.7 Å². The third-order valence-electron chi connectivity index (χ3n) is 7.70. The minimum Gasteiger partial charge on any atom is -0.493 e. The Labute approximate surface area is 247 Å². The topological polar surface area (TPSA) is 138 Å². The van der Waals surface area contributed by atoms with Crippen LogP contribution < -0.4 is 40.6 Å². The summed E-state index contributed by atoms with van der Waals surface area (Å²) >= 11 is 0. The van der Waals surface area contributed by atoms with Gasteiger partial charge >= 0.3 is 5.69 Å². The fourth-order valence-corrected chi connectivity index (χ4v) is 5.40. The maximum Gasteiger partial charge on any atom is 0.329 e. The summed E-state index contributed by atoms with van der Waals surface area (Å²) in [5.74, 6) is 2.21. The van der Waals surface area contributed by atoms with E-state index < -0.39 is 6.10 Å². The van der Waals surface area contributed by atoms with Gasteiger partial charge in [0.2, 0.25) is 11.7 Å². The average Bonchev–Trinajstić information content (AvgIpc) is 3.32. The number of aromatic nitrogens is 2. The Morgan fingerprint density at radius 3 is 2.21 bits per heavy atom. The number of nitrogens with one attached hydrogen (secondary N) is 2. The van der Waals surface area contributed by atoms with Crippen molar-refractivity contribution in [1.82, 2.24) is 14.9 Å². The number of carbonyl (C=O) groups excluding carboxylic acids is 1. The molecule has 0 fully saturated rings. The highest BCUT2D eigenvalue weighted by Crippen LogP contribution is 2.38. The summed E-state index contributed by atoms with van der Waals surface area (Å²) in [4.78, 5) is 42.9. The molecule has 1 unspecified atom stereocenters. The number of methoxy groups -OCH3 is 3. The van der Waals surface area contributed by atoms with E-state index in [1.54, 1.807) is 28.4 Å². The van der Waals surface area contributed by atoms with Crippen LogP contribution in [-0.4, -0.2) is 74.8 Å². The van der Waals surface area contributed by atoms with Crippen LogP contribution in [0.3, 0.4) is 0 Å². The van der Waals surface area contributed by atoms with Crippen molar-refractivity contribution in [3.05, 3.63) is 38.5 Å². The van der Waals surface area contributed by atoms with E-state index in [0.717, 1.165) is 57.1 Å². The molecule has 1 aromatic carbocycles. The molecular weight excluding hydrogens is 542 g/mol. The Morgan fingerprint density at radius 2 is 1.60 bits per heavy atom. The molecule has 12 nitrogen and oxygen atoms in total. The first-order valence-corrected chi connectivity index (χ1v) is 14.7. The molecule has 3 rings (SSSR count). The molecule has 0 radical (unpaired) electrons. The van der Waals surface area contributed by atoms with Crippen LogP contribution in [0.2, 0.25) is 0 Å². The Balaban J connectivity index is 1.24. The van der Waals surface area contributed by atoms with Crippen LogP contribution in [0.4, 0.5) is 11.5 Å². The molecule has 1 amide bonds. The first-order chi connectivity index (χ1) is 20.2. The summed E-state index contributed by atoms with van der Waals surface area (Å²) in [7, 11) is 8.22. The maximum absolute atomic E-state index is 12.3. The summed E-state index contributed by atoms with van der Waals surface area (Å²) in [5.41, 5.74) is 0.726. The number of rotatable bonds is 18. The summed E-state index contributed by atoms with van der Waals surface area (Å²) in [6.45, 7) is 1.65. The molecule has 234 valence electrons. The van der Waals surface area contributed by atoms with Gasteiger partial charge in [0, 0.05) is 33.6 Å². The lowest BCUT2D eigenvalue weighted by Gasteiger charge is -2.20. The molecule has 0 saturated heterocycles. The predicted molar refractivity (Wildman–Crippen MR) is 163 cm³/mol.